The van der Waals surface area contributed by atoms with Crippen molar-refractivity contribution >= 4 is 11.8 Å². The summed E-state index contributed by atoms with van der Waals surface area (Å²) in [5, 5.41) is 13.3. The predicted octanol–water partition coefficient (Wildman–Crippen LogP) is 2.96. The Bertz CT molecular complexity index is 261. The molecule has 1 saturated heterocycles. The van der Waals surface area contributed by atoms with Crippen LogP contribution < -0.4 is 5.32 Å². The van der Waals surface area contributed by atoms with Crippen molar-refractivity contribution in [3.63, 3.8) is 0 Å². The Balaban J connectivity index is 2.13. The van der Waals surface area contributed by atoms with Crippen LogP contribution in [0.15, 0.2) is 0 Å². The molecule has 0 radical (unpaired) electrons. The second-order valence-electron chi connectivity index (χ2n) is 5.16. The monoisotopic (exact) mass is 270 g/mol. The molecule has 1 atom stereocenters. The number of nitrogens with zero attached hydrogens (tertiary/aromatic N) is 1. The van der Waals surface area contributed by atoms with Crippen LogP contribution in [-0.2, 0) is 4.74 Å². The average molecular weight is 270 g/mol. The number of hydrogen-bond donors (Lipinski definition) is 1. The Morgan fingerprint density at radius 1 is 1.44 bits per heavy atom. The van der Waals surface area contributed by atoms with Crippen LogP contribution in [0.25, 0.3) is 0 Å². The lowest BCUT2D eigenvalue weighted by Gasteiger charge is -2.24. The quantitative estimate of drug-likeness (QED) is 0.689. The zero-order valence-electron chi connectivity index (χ0n) is 11.7. The van der Waals surface area contributed by atoms with Gasteiger partial charge in [0, 0.05) is 18.5 Å². The Labute approximate surface area is 116 Å². The number of nitrogens with one attached hydrogen (secondary N) is 1. The zero-order chi connectivity index (χ0) is 13.3. The molecule has 1 N–H and O–H groups in total. The Hall–Kier alpha value is -0.240. The van der Waals surface area contributed by atoms with Crippen molar-refractivity contribution in [2.24, 2.45) is 0 Å². The van der Waals surface area contributed by atoms with E-state index in [1.165, 1.54) is 12.8 Å². The minimum Gasteiger partial charge on any atom is -0.381 e. The van der Waals surface area contributed by atoms with Gasteiger partial charge in [0.25, 0.3) is 0 Å². The Kier molecular flexibility index (Phi) is 7.73. The molecule has 0 aromatic rings. The maximum Gasteiger partial charge on any atom is 0.103 e. The molecule has 1 heterocycles. The number of rotatable bonds is 8. The van der Waals surface area contributed by atoms with Crippen LogP contribution in [0.1, 0.15) is 46.0 Å². The van der Waals surface area contributed by atoms with Crippen molar-refractivity contribution in [1.29, 1.82) is 5.26 Å². The number of nitriles is 1. The second-order valence-corrected chi connectivity index (χ2v) is 6.57. The molecule has 4 heteroatoms. The molecular formula is C14H26N2OS. The summed E-state index contributed by atoms with van der Waals surface area (Å²) < 4.78 is 5.36. The van der Waals surface area contributed by atoms with Crippen LogP contribution in [0.3, 0.4) is 0 Å². The molecular weight excluding hydrogens is 244 g/mol. The predicted molar refractivity (Wildman–Crippen MR) is 77.8 cm³/mol. The second kappa shape index (κ2) is 8.79. The van der Waals surface area contributed by atoms with Crippen LogP contribution in [0.4, 0.5) is 0 Å². The van der Waals surface area contributed by atoms with Crippen LogP contribution in [0.2, 0.25) is 0 Å². The molecule has 1 unspecified atom stereocenters. The summed E-state index contributed by atoms with van der Waals surface area (Å²) in [6.45, 7) is 6.92. The van der Waals surface area contributed by atoms with E-state index in [0.717, 1.165) is 50.0 Å². The minimum atomic E-state index is -0.341. The summed E-state index contributed by atoms with van der Waals surface area (Å²) in [5.41, 5.74) is -0.341. The first kappa shape index (κ1) is 15.8. The molecule has 0 saturated carbocycles. The fourth-order valence-electron chi connectivity index (χ4n) is 2.10. The number of ether oxygens (including phenoxy) is 1. The highest BCUT2D eigenvalue weighted by Gasteiger charge is 2.22. The van der Waals surface area contributed by atoms with E-state index in [1.807, 2.05) is 6.92 Å². The highest BCUT2D eigenvalue weighted by molar-refractivity contribution is 7.99. The molecule has 1 fully saturated rings. The molecule has 0 bridgehead atoms. The van der Waals surface area contributed by atoms with E-state index in [-0.39, 0.29) is 5.54 Å². The molecule has 18 heavy (non-hydrogen) atoms. The van der Waals surface area contributed by atoms with Gasteiger partial charge in [-0.3, -0.25) is 5.32 Å². The van der Waals surface area contributed by atoms with Crippen molar-refractivity contribution in [2.45, 2.75) is 56.7 Å². The van der Waals surface area contributed by atoms with E-state index >= 15 is 0 Å². The fraction of sp³-hybridized carbons (Fsp3) is 0.929. The molecule has 0 aromatic carbocycles. The van der Waals surface area contributed by atoms with Gasteiger partial charge in [0.2, 0.25) is 0 Å². The van der Waals surface area contributed by atoms with Gasteiger partial charge in [-0.1, -0.05) is 6.92 Å². The third kappa shape index (κ3) is 6.08. The first-order valence-electron chi connectivity index (χ1n) is 7.06. The Morgan fingerprint density at radius 3 is 2.78 bits per heavy atom. The first-order chi connectivity index (χ1) is 8.70. The highest BCUT2D eigenvalue weighted by Crippen LogP contribution is 2.24. The van der Waals surface area contributed by atoms with E-state index < -0.39 is 0 Å². The van der Waals surface area contributed by atoms with E-state index in [0.29, 0.717) is 0 Å². The van der Waals surface area contributed by atoms with Gasteiger partial charge in [-0.05, 0) is 51.3 Å². The van der Waals surface area contributed by atoms with E-state index in [2.05, 4.69) is 30.1 Å². The lowest BCUT2D eigenvalue weighted by Crippen LogP contribution is -2.41. The van der Waals surface area contributed by atoms with Gasteiger partial charge in [0.15, 0.2) is 0 Å². The summed E-state index contributed by atoms with van der Waals surface area (Å²) in [6.07, 6.45) is 5.51. The SMILES string of the molecule is CCCNC(C)(C#N)CCCSC1CCOCC1. The standard InChI is InChI=1S/C14H26N2OS/c1-3-8-16-14(2,12-15)7-4-11-18-13-5-9-17-10-6-13/h13,16H,3-11H2,1-2H3. The topological polar surface area (TPSA) is 45.0 Å². The molecule has 1 aliphatic heterocycles. The van der Waals surface area contributed by atoms with E-state index in [1.54, 1.807) is 0 Å². The van der Waals surface area contributed by atoms with Gasteiger partial charge in [-0.25, -0.2) is 0 Å². The maximum atomic E-state index is 9.22. The summed E-state index contributed by atoms with van der Waals surface area (Å²) >= 11 is 2.06. The smallest absolute Gasteiger partial charge is 0.103 e. The summed E-state index contributed by atoms with van der Waals surface area (Å²) in [5.74, 6) is 1.16. The number of thioether (sulfide) groups is 1. The molecule has 104 valence electrons. The first-order valence-corrected chi connectivity index (χ1v) is 8.10. The van der Waals surface area contributed by atoms with Crippen LogP contribution in [0.5, 0.6) is 0 Å². The molecule has 1 rings (SSSR count). The summed E-state index contributed by atoms with van der Waals surface area (Å²) in [6, 6.07) is 2.41. The lowest BCUT2D eigenvalue weighted by molar-refractivity contribution is 0.1000. The third-order valence-corrected chi connectivity index (χ3v) is 4.82. The molecule has 0 amide bonds. The highest BCUT2D eigenvalue weighted by atomic mass is 32.2. The Morgan fingerprint density at radius 2 is 2.17 bits per heavy atom. The maximum absolute atomic E-state index is 9.22. The molecule has 0 aromatic heterocycles. The minimum absolute atomic E-state index is 0.341. The van der Waals surface area contributed by atoms with Crippen LogP contribution >= 0.6 is 11.8 Å². The molecule has 0 aliphatic carbocycles. The fourth-order valence-corrected chi connectivity index (χ4v) is 3.27. The van der Waals surface area contributed by atoms with Crippen molar-refractivity contribution < 1.29 is 4.74 Å². The molecule has 1 aliphatic rings. The lowest BCUT2D eigenvalue weighted by atomic mass is 9.98. The van der Waals surface area contributed by atoms with Crippen molar-refractivity contribution in [1.82, 2.24) is 5.32 Å². The van der Waals surface area contributed by atoms with Gasteiger partial charge in [-0.15, -0.1) is 0 Å². The molecule has 3 nitrogen and oxygen atoms in total. The summed E-state index contributed by atoms with van der Waals surface area (Å²) in [7, 11) is 0. The molecule has 0 spiro atoms. The van der Waals surface area contributed by atoms with Crippen molar-refractivity contribution in [2.75, 3.05) is 25.5 Å². The number of hydrogen-bond acceptors (Lipinski definition) is 4. The van der Waals surface area contributed by atoms with Gasteiger partial charge in [0.1, 0.15) is 5.54 Å². The average Bonchev–Trinajstić information content (AvgIpc) is 2.43. The van der Waals surface area contributed by atoms with Crippen LogP contribution in [-0.4, -0.2) is 36.3 Å². The van der Waals surface area contributed by atoms with E-state index in [9.17, 15) is 5.26 Å². The van der Waals surface area contributed by atoms with Crippen molar-refractivity contribution in [3.8, 4) is 6.07 Å². The van der Waals surface area contributed by atoms with Gasteiger partial charge in [-0.2, -0.15) is 17.0 Å². The zero-order valence-corrected chi connectivity index (χ0v) is 12.5. The van der Waals surface area contributed by atoms with E-state index in [4.69, 9.17) is 4.74 Å². The van der Waals surface area contributed by atoms with Crippen LogP contribution in [0, 0.1) is 11.3 Å². The van der Waals surface area contributed by atoms with Gasteiger partial charge in [0.05, 0.1) is 6.07 Å². The van der Waals surface area contributed by atoms with Gasteiger partial charge >= 0.3 is 0 Å². The third-order valence-electron chi connectivity index (χ3n) is 3.35. The van der Waals surface area contributed by atoms with Crippen molar-refractivity contribution in [3.05, 3.63) is 0 Å². The normalized spacial score (nSPS) is 20.3. The largest absolute Gasteiger partial charge is 0.381 e. The summed E-state index contributed by atoms with van der Waals surface area (Å²) in [4.78, 5) is 0. The van der Waals surface area contributed by atoms with Gasteiger partial charge < -0.3 is 4.74 Å².